The second-order valence-corrected chi connectivity index (χ2v) is 5.15. The highest BCUT2D eigenvalue weighted by atomic mass is 79.9. The molecule has 0 saturated carbocycles. The lowest BCUT2D eigenvalue weighted by molar-refractivity contribution is -0.129. The number of nitrogens with zero attached hydrogens (tertiary/aromatic N) is 1. The van der Waals surface area contributed by atoms with Crippen LogP contribution >= 0.6 is 27.5 Å². The monoisotopic (exact) mass is 351 g/mol. The number of halogens is 2. The van der Waals surface area contributed by atoms with Crippen molar-refractivity contribution in [3.05, 3.63) is 63.1 Å². The fraction of sp³-hybridized carbons (Fsp3) is 0. The Balaban J connectivity index is 1.97. The Kier molecular flexibility index (Phi) is 3.46. The van der Waals surface area contributed by atoms with E-state index in [1.807, 2.05) is 0 Å². The predicted octanol–water partition coefficient (Wildman–Crippen LogP) is 4.04. The molecule has 3 rings (SSSR count). The first-order valence-corrected chi connectivity index (χ1v) is 6.83. The van der Waals surface area contributed by atoms with E-state index in [1.165, 1.54) is 6.08 Å². The molecular weight excluding hydrogens is 346 g/mol. The molecule has 0 saturated heterocycles. The van der Waals surface area contributed by atoms with E-state index in [0.29, 0.717) is 21.0 Å². The number of ether oxygens (including phenoxy) is 1. The highest BCUT2D eigenvalue weighted by Crippen LogP contribution is 2.24. The predicted molar refractivity (Wildman–Crippen MR) is 78.5 cm³/mol. The lowest BCUT2D eigenvalue weighted by Crippen LogP contribution is -2.05. The van der Waals surface area contributed by atoms with Crippen LogP contribution in [0.4, 0.5) is 0 Å². The van der Waals surface area contributed by atoms with Crippen molar-refractivity contribution < 1.29 is 13.9 Å². The van der Waals surface area contributed by atoms with E-state index >= 15 is 0 Å². The zero-order valence-corrected chi connectivity index (χ0v) is 12.3. The minimum atomic E-state index is -0.535. The van der Waals surface area contributed by atoms with Crippen molar-refractivity contribution >= 4 is 45.5 Å². The van der Waals surface area contributed by atoms with Gasteiger partial charge in [-0.1, -0.05) is 23.7 Å². The van der Waals surface area contributed by atoms with E-state index in [9.17, 15) is 4.79 Å². The molecule has 20 heavy (non-hydrogen) atoms. The van der Waals surface area contributed by atoms with Crippen LogP contribution in [-0.4, -0.2) is 11.9 Å². The van der Waals surface area contributed by atoms with Gasteiger partial charge in [-0.3, -0.25) is 0 Å². The number of benzene rings is 1. The number of cyclic esters (lactones) is 1. The molecule has 0 aliphatic carbocycles. The summed E-state index contributed by atoms with van der Waals surface area (Å²) in [5.41, 5.74) is 0.744. The fourth-order valence-corrected chi connectivity index (χ4v) is 2.24. The summed E-state index contributed by atoms with van der Waals surface area (Å²) in [4.78, 5) is 15.9. The second kappa shape index (κ2) is 5.26. The smallest absolute Gasteiger partial charge is 0.363 e. The molecule has 6 heteroatoms. The first-order chi connectivity index (χ1) is 9.63. The molecule has 1 aromatic carbocycles. The minimum absolute atomic E-state index is 0.168. The molecule has 100 valence electrons. The number of carbonyl (C=O) groups excluding carboxylic acids is 1. The number of hydrogen-bond donors (Lipinski definition) is 0. The zero-order chi connectivity index (χ0) is 14.1. The summed E-state index contributed by atoms with van der Waals surface area (Å²) < 4.78 is 11.0. The average Bonchev–Trinajstić information content (AvgIpc) is 2.98. The Morgan fingerprint density at radius 1 is 1.20 bits per heavy atom. The standard InChI is InChI=1S/C14H7BrClNO3/c15-12-6-5-8(19-12)7-11-14(18)20-13(17-11)9-3-1-2-4-10(9)16/h1-7H/b11-7-. The third-order valence-electron chi connectivity index (χ3n) is 2.60. The van der Waals surface area contributed by atoms with E-state index in [4.69, 9.17) is 20.8 Å². The van der Waals surface area contributed by atoms with Gasteiger partial charge in [-0.15, -0.1) is 0 Å². The quantitative estimate of drug-likeness (QED) is 0.605. The largest absolute Gasteiger partial charge is 0.450 e. The number of rotatable bonds is 2. The van der Waals surface area contributed by atoms with Gasteiger partial charge in [0.2, 0.25) is 5.90 Å². The number of esters is 1. The molecule has 2 heterocycles. The van der Waals surface area contributed by atoms with Crippen LogP contribution in [0.25, 0.3) is 6.08 Å². The third kappa shape index (κ3) is 2.55. The lowest BCUT2D eigenvalue weighted by Gasteiger charge is -2.00. The van der Waals surface area contributed by atoms with Gasteiger partial charge in [0, 0.05) is 6.08 Å². The van der Waals surface area contributed by atoms with E-state index < -0.39 is 5.97 Å². The Labute approximate surface area is 127 Å². The summed E-state index contributed by atoms with van der Waals surface area (Å²) in [5, 5.41) is 0.473. The molecular formula is C14H7BrClNO3. The first kappa shape index (κ1) is 13.1. The van der Waals surface area contributed by atoms with Gasteiger partial charge in [0.1, 0.15) is 5.76 Å². The van der Waals surface area contributed by atoms with Crippen molar-refractivity contribution in [1.82, 2.24) is 0 Å². The van der Waals surface area contributed by atoms with Gasteiger partial charge in [0.15, 0.2) is 10.4 Å². The highest BCUT2D eigenvalue weighted by Gasteiger charge is 2.25. The molecule has 1 aliphatic rings. The summed E-state index contributed by atoms with van der Waals surface area (Å²) in [6.07, 6.45) is 1.51. The average molecular weight is 353 g/mol. The van der Waals surface area contributed by atoms with E-state index in [1.54, 1.807) is 36.4 Å². The van der Waals surface area contributed by atoms with Gasteiger partial charge in [0.05, 0.1) is 10.6 Å². The first-order valence-electron chi connectivity index (χ1n) is 5.66. The molecule has 0 unspecified atom stereocenters. The summed E-state index contributed by atoms with van der Waals surface area (Å²) in [6.45, 7) is 0. The van der Waals surface area contributed by atoms with Crippen LogP contribution in [0.5, 0.6) is 0 Å². The molecule has 1 aliphatic heterocycles. The van der Waals surface area contributed by atoms with Gasteiger partial charge in [-0.05, 0) is 40.2 Å². The van der Waals surface area contributed by atoms with E-state index in [0.717, 1.165) is 0 Å². The van der Waals surface area contributed by atoms with Crippen LogP contribution in [0.1, 0.15) is 11.3 Å². The zero-order valence-electron chi connectivity index (χ0n) is 9.97. The topological polar surface area (TPSA) is 51.8 Å². The molecule has 4 nitrogen and oxygen atoms in total. The summed E-state index contributed by atoms with van der Waals surface area (Å²) in [6, 6.07) is 10.5. The molecule has 0 amide bonds. The summed E-state index contributed by atoms with van der Waals surface area (Å²) in [5.74, 6) is 0.165. The normalized spacial score (nSPS) is 16.4. The van der Waals surface area contributed by atoms with E-state index in [2.05, 4.69) is 20.9 Å². The van der Waals surface area contributed by atoms with Crippen LogP contribution in [0.15, 0.2) is 56.2 Å². The number of carbonyl (C=O) groups is 1. The Hall–Kier alpha value is -1.85. The second-order valence-electron chi connectivity index (χ2n) is 3.96. The van der Waals surface area contributed by atoms with Crippen LogP contribution in [0.2, 0.25) is 5.02 Å². The SMILES string of the molecule is O=C1OC(c2ccccc2Cl)=N/C1=C\c1ccc(Br)o1. The van der Waals surface area contributed by atoms with Crippen molar-refractivity contribution in [2.45, 2.75) is 0 Å². The van der Waals surface area contributed by atoms with Crippen LogP contribution in [-0.2, 0) is 9.53 Å². The molecule has 0 N–H and O–H groups in total. The minimum Gasteiger partial charge on any atom is -0.450 e. The molecule has 1 aromatic heterocycles. The van der Waals surface area contributed by atoms with Gasteiger partial charge in [-0.25, -0.2) is 9.79 Å². The molecule has 2 aromatic rings. The van der Waals surface area contributed by atoms with Crippen molar-refractivity contribution in [2.75, 3.05) is 0 Å². The maximum Gasteiger partial charge on any atom is 0.363 e. The Morgan fingerprint density at radius 2 is 2.00 bits per heavy atom. The Morgan fingerprint density at radius 3 is 2.70 bits per heavy atom. The number of aliphatic imine (C=N–C) groups is 1. The summed E-state index contributed by atoms with van der Waals surface area (Å²) in [7, 11) is 0. The Bertz CT molecular complexity index is 748. The van der Waals surface area contributed by atoms with Crippen LogP contribution in [0.3, 0.4) is 0 Å². The van der Waals surface area contributed by atoms with Gasteiger partial charge < -0.3 is 9.15 Å². The lowest BCUT2D eigenvalue weighted by atomic mass is 10.2. The maximum atomic E-state index is 11.8. The molecule has 0 bridgehead atoms. The van der Waals surface area contributed by atoms with Crippen molar-refractivity contribution in [3.63, 3.8) is 0 Å². The van der Waals surface area contributed by atoms with Crippen molar-refractivity contribution in [3.8, 4) is 0 Å². The molecule has 0 spiro atoms. The molecule has 0 fully saturated rings. The third-order valence-corrected chi connectivity index (χ3v) is 3.35. The van der Waals surface area contributed by atoms with E-state index in [-0.39, 0.29) is 11.6 Å². The van der Waals surface area contributed by atoms with Gasteiger partial charge >= 0.3 is 5.97 Å². The fourth-order valence-electron chi connectivity index (χ4n) is 1.70. The summed E-state index contributed by atoms with van der Waals surface area (Å²) >= 11 is 9.24. The molecule has 0 atom stereocenters. The van der Waals surface area contributed by atoms with Gasteiger partial charge in [-0.2, -0.15) is 0 Å². The van der Waals surface area contributed by atoms with Crippen molar-refractivity contribution in [1.29, 1.82) is 0 Å². The van der Waals surface area contributed by atoms with Crippen molar-refractivity contribution in [2.24, 2.45) is 4.99 Å². The van der Waals surface area contributed by atoms with Crippen LogP contribution < -0.4 is 0 Å². The van der Waals surface area contributed by atoms with Crippen LogP contribution in [0, 0.1) is 0 Å². The maximum absolute atomic E-state index is 11.8. The highest BCUT2D eigenvalue weighted by molar-refractivity contribution is 9.10. The molecule has 0 radical (unpaired) electrons. The van der Waals surface area contributed by atoms with Gasteiger partial charge in [0.25, 0.3) is 0 Å². The number of hydrogen-bond acceptors (Lipinski definition) is 4. The number of furan rings is 1.